The van der Waals surface area contributed by atoms with Gasteiger partial charge in [0.2, 0.25) is 5.91 Å². The van der Waals surface area contributed by atoms with Crippen molar-refractivity contribution in [3.63, 3.8) is 0 Å². The minimum Gasteiger partial charge on any atom is -0.384 e. The molecule has 1 amide bonds. The molecule has 0 aromatic heterocycles. The van der Waals surface area contributed by atoms with E-state index in [0.29, 0.717) is 18.9 Å². The van der Waals surface area contributed by atoms with Crippen LogP contribution in [0, 0.1) is 17.8 Å². The highest BCUT2D eigenvalue weighted by molar-refractivity contribution is 5.76. The lowest BCUT2D eigenvalue weighted by Gasteiger charge is -2.10. The molecular formula is C16H21NO2. The maximum absolute atomic E-state index is 11.7. The molecule has 0 saturated heterocycles. The van der Waals surface area contributed by atoms with Crippen LogP contribution in [0.1, 0.15) is 37.8 Å². The molecule has 0 spiro atoms. The molecule has 3 heteroatoms. The number of benzene rings is 1. The summed E-state index contributed by atoms with van der Waals surface area (Å²) < 4.78 is 0. The van der Waals surface area contributed by atoms with Gasteiger partial charge in [0, 0.05) is 18.5 Å². The van der Waals surface area contributed by atoms with Crippen LogP contribution in [-0.2, 0) is 11.3 Å². The van der Waals surface area contributed by atoms with Crippen molar-refractivity contribution in [1.29, 1.82) is 0 Å². The van der Waals surface area contributed by atoms with Crippen LogP contribution < -0.4 is 5.32 Å². The van der Waals surface area contributed by atoms with Crippen LogP contribution >= 0.6 is 0 Å². The number of aliphatic hydroxyl groups excluding tert-OH is 1. The van der Waals surface area contributed by atoms with Crippen molar-refractivity contribution in [2.24, 2.45) is 5.92 Å². The van der Waals surface area contributed by atoms with E-state index in [4.69, 9.17) is 5.11 Å². The van der Waals surface area contributed by atoms with Crippen LogP contribution in [0.4, 0.5) is 0 Å². The Morgan fingerprint density at radius 1 is 1.42 bits per heavy atom. The lowest BCUT2D eigenvalue weighted by Crippen LogP contribution is -2.24. The van der Waals surface area contributed by atoms with Crippen molar-refractivity contribution in [1.82, 2.24) is 5.32 Å². The average molecular weight is 259 g/mol. The first-order chi connectivity index (χ1) is 9.17. The molecule has 1 atom stereocenters. The molecule has 1 aromatic carbocycles. The summed E-state index contributed by atoms with van der Waals surface area (Å²) in [4.78, 5) is 11.7. The van der Waals surface area contributed by atoms with Gasteiger partial charge in [-0.3, -0.25) is 4.79 Å². The van der Waals surface area contributed by atoms with Gasteiger partial charge in [-0.1, -0.05) is 50.3 Å². The van der Waals surface area contributed by atoms with E-state index in [1.165, 1.54) is 0 Å². The molecule has 0 aliphatic rings. The maximum Gasteiger partial charge on any atom is 0.220 e. The lowest BCUT2D eigenvalue weighted by atomic mass is 10.0. The Morgan fingerprint density at radius 2 is 2.16 bits per heavy atom. The number of carbonyl (C=O) groups excluding carboxylic acids is 1. The molecule has 2 N–H and O–H groups in total. The number of aliphatic hydroxyl groups is 1. The molecule has 1 unspecified atom stereocenters. The van der Waals surface area contributed by atoms with Crippen LogP contribution in [0.3, 0.4) is 0 Å². The van der Waals surface area contributed by atoms with Gasteiger partial charge in [-0.05, 0) is 17.5 Å². The van der Waals surface area contributed by atoms with E-state index in [1.54, 1.807) is 0 Å². The number of rotatable bonds is 5. The van der Waals surface area contributed by atoms with Gasteiger partial charge in [0.15, 0.2) is 0 Å². The smallest absolute Gasteiger partial charge is 0.220 e. The number of carbonyl (C=O) groups is 1. The van der Waals surface area contributed by atoms with Gasteiger partial charge in [0.25, 0.3) is 0 Å². The Balaban J connectivity index is 2.60. The summed E-state index contributed by atoms with van der Waals surface area (Å²) in [6, 6.07) is 7.63. The molecule has 0 saturated carbocycles. The van der Waals surface area contributed by atoms with Crippen LogP contribution in [0.15, 0.2) is 24.3 Å². The normalized spacial score (nSPS) is 11.3. The van der Waals surface area contributed by atoms with Crippen LogP contribution in [0.5, 0.6) is 0 Å². The van der Waals surface area contributed by atoms with Gasteiger partial charge in [-0.15, -0.1) is 0 Å². The zero-order chi connectivity index (χ0) is 14.1. The van der Waals surface area contributed by atoms with Crippen LogP contribution in [0.25, 0.3) is 0 Å². The highest BCUT2D eigenvalue weighted by Crippen LogP contribution is 2.09. The van der Waals surface area contributed by atoms with Crippen molar-refractivity contribution in [3.8, 4) is 11.8 Å². The largest absolute Gasteiger partial charge is 0.384 e. The third-order valence-electron chi connectivity index (χ3n) is 3.03. The topological polar surface area (TPSA) is 49.3 Å². The molecule has 0 fully saturated rings. The van der Waals surface area contributed by atoms with Crippen molar-refractivity contribution >= 4 is 5.91 Å². The monoisotopic (exact) mass is 259 g/mol. The van der Waals surface area contributed by atoms with Crippen molar-refractivity contribution in [2.75, 3.05) is 6.61 Å². The van der Waals surface area contributed by atoms with E-state index in [9.17, 15) is 4.79 Å². The molecule has 0 bridgehead atoms. The molecule has 19 heavy (non-hydrogen) atoms. The molecule has 0 aliphatic carbocycles. The molecule has 0 aliphatic heterocycles. The second-order valence-corrected chi connectivity index (χ2v) is 4.61. The number of amides is 1. The van der Waals surface area contributed by atoms with E-state index in [-0.39, 0.29) is 12.5 Å². The molecule has 0 heterocycles. The Labute approximate surface area is 115 Å². The molecule has 102 valence electrons. The second kappa shape index (κ2) is 8.34. The minimum absolute atomic E-state index is 0.0688. The third-order valence-corrected chi connectivity index (χ3v) is 3.03. The molecule has 3 nitrogen and oxygen atoms in total. The fraction of sp³-hybridized carbons (Fsp3) is 0.438. The van der Waals surface area contributed by atoms with Crippen LogP contribution in [-0.4, -0.2) is 17.6 Å². The first kappa shape index (κ1) is 15.3. The van der Waals surface area contributed by atoms with E-state index >= 15 is 0 Å². The number of hydrogen-bond acceptors (Lipinski definition) is 2. The summed E-state index contributed by atoms with van der Waals surface area (Å²) in [7, 11) is 0. The fourth-order valence-electron chi connectivity index (χ4n) is 1.66. The summed E-state index contributed by atoms with van der Waals surface area (Å²) in [6.07, 6.45) is 1.56. The molecular weight excluding hydrogens is 238 g/mol. The van der Waals surface area contributed by atoms with Crippen molar-refractivity contribution in [3.05, 3.63) is 35.4 Å². The predicted octanol–water partition coefficient (Wildman–Crippen LogP) is 2.08. The summed E-state index contributed by atoms with van der Waals surface area (Å²) in [6.45, 7) is 4.47. The first-order valence-corrected chi connectivity index (χ1v) is 6.61. The van der Waals surface area contributed by atoms with Crippen molar-refractivity contribution in [2.45, 2.75) is 33.2 Å². The Kier molecular flexibility index (Phi) is 6.70. The highest BCUT2D eigenvalue weighted by Gasteiger charge is 2.07. The van der Waals surface area contributed by atoms with E-state index < -0.39 is 0 Å². The molecule has 1 aromatic rings. The predicted molar refractivity (Wildman–Crippen MR) is 76.3 cm³/mol. The summed E-state index contributed by atoms with van der Waals surface area (Å²) >= 11 is 0. The Hall–Kier alpha value is -1.79. The summed E-state index contributed by atoms with van der Waals surface area (Å²) in [5.41, 5.74) is 1.82. The van der Waals surface area contributed by atoms with Crippen molar-refractivity contribution < 1.29 is 9.90 Å². The second-order valence-electron chi connectivity index (χ2n) is 4.61. The lowest BCUT2D eigenvalue weighted by molar-refractivity contribution is -0.122. The van der Waals surface area contributed by atoms with Gasteiger partial charge in [0.05, 0.1) is 0 Å². The van der Waals surface area contributed by atoms with E-state index in [2.05, 4.69) is 31.0 Å². The highest BCUT2D eigenvalue weighted by atomic mass is 16.2. The minimum atomic E-state index is -0.158. The molecule has 1 rings (SSSR count). The number of hydrogen-bond donors (Lipinski definition) is 2. The molecule has 0 radical (unpaired) electrons. The van der Waals surface area contributed by atoms with Crippen LogP contribution in [0.2, 0.25) is 0 Å². The maximum atomic E-state index is 11.7. The Morgan fingerprint density at radius 3 is 2.84 bits per heavy atom. The SMILES string of the molecule is CCC(C)CC(=O)NCc1ccccc1C#CCO. The third kappa shape index (κ3) is 5.58. The number of nitrogens with one attached hydrogen (secondary N) is 1. The van der Waals surface area contributed by atoms with E-state index in [0.717, 1.165) is 17.5 Å². The Bertz CT molecular complexity index is 471. The zero-order valence-corrected chi connectivity index (χ0v) is 11.6. The summed E-state index contributed by atoms with van der Waals surface area (Å²) in [5.74, 6) is 5.99. The van der Waals surface area contributed by atoms with Gasteiger partial charge in [0.1, 0.15) is 6.61 Å². The quantitative estimate of drug-likeness (QED) is 0.795. The van der Waals surface area contributed by atoms with Gasteiger partial charge in [-0.2, -0.15) is 0 Å². The van der Waals surface area contributed by atoms with Gasteiger partial charge < -0.3 is 10.4 Å². The summed E-state index contributed by atoms with van der Waals surface area (Å²) in [5, 5.41) is 11.6. The fourth-order valence-corrected chi connectivity index (χ4v) is 1.66. The van der Waals surface area contributed by atoms with E-state index in [1.807, 2.05) is 24.3 Å². The zero-order valence-electron chi connectivity index (χ0n) is 11.6. The van der Waals surface area contributed by atoms with Gasteiger partial charge >= 0.3 is 0 Å². The first-order valence-electron chi connectivity index (χ1n) is 6.61. The van der Waals surface area contributed by atoms with Gasteiger partial charge in [-0.25, -0.2) is 0 Å². The standard InChI is InChI=1S/C16H21NO2/c1-3-13(2)11-16(19)17-12-15-8-5-4-7-14(15)9-6-10-18/h4-5,7-8,13,18H,3,10-12H2,1-2H3,(H,17,19). The average Bonchev–Trinajstić information content (AvgIpc) is 2.43.